The summed E-state index contributed by atoms with van der Waals surface area (Å²) in [6, 6.07) is 10.5. The number of unbranched alkanes of at least 4 members (excludes halogenated alkanes) is 1. The van der Waals surface area contributed by atoms with Crippen LogP contribution in [-0.4, -0.2) is 33.0 Å². The van der Waals surface area contributed by atoms with Gasteiger partial charge in [0.2, 0.25) is 0 Å². The van der Waals surface area contributed by atoms with Gasteiger partial charge in [-0.15, -0.1) is 0 Å². The third-order valence-electron chi connectivity index (χ3n) is 3.28. The molecule has 0 saturated carbocycles. The van der Waals surface area contributed by atoms with Gasteiger partial charge in [0.25, 0.3) is 0 Å². The highest BCUT2D eigenvalue weighted by atomic mass is 16.5. The van der Waals surface area contributed by atoms with Crippen LogP contribution in [0.25, 0.3) is 0 Å². The van der Waals surface area contributed by atoms with Gasteiger partial charge in [-0.1, -0.05) is 57.5 Å². The van der Waals surface area contributed by atoms with Gasteiger partial charge in [-0.05, 0) is 12.0 Å². The summed E-state index contributed by atoms with van der Waals surface area (Å²) in [5, 5.41) is 3.50. The van der Waals surface area contributed by atoms with E-state index in [1.54, 1.807) is 0 Å². The number of benzene rings is 1. The Labute approximate surface area is 130 Å². The third-order valence-corrected chi connectivity index (χ3v) is 3.28. The normalized spacial score (nSPS) is 11.8. The number of ether oxygens (including phenoxy) is 2. The number of hydrogen-bond acceptors (Lipinski definition) is 3. The minimum Gasteiger partial charge on any atom is -0.379 e. The van der Waals surface area contributed by atoms with Crippen LogP contribution in [-0.2, 0) is 16.0 Å². The van der Waals surface area contributed by atoms with Gasteiger partial charge >= 0.3 is 0 Å². The quantitative estimate of drug-likeness (QED) is 0.597. The van der Waals surface area contributed by atoms with E-state index in [1.165, 1.54) is 12.0 Å². The van der Waals surface area contributed by atoms with Crippen molar-refractivity contribution >= 4 is 0 Å². The van der Waals surface area contributed by atoms with Crippen LogP contribution in [0, 0.1) is 5.41 Å². The average molecular weight is 293 g/mol. The smallest absolute Gasteiger partial charge is 0.0700 e. The molecule has 0 heterocycles. The van der Waals surface area contributed by atoms with Crippen LogP contribution < -0.4 is 5.32 Å². The Hall–Kier alpha value is -0.900. The minimum absolute atomic E-state index is 0.137. The Morgan fingerprint density at radius 2 is 1.71 bits per heavy atom. The topological polar surface area (TPSA) is 30.5 Å². The van der Waals surface area contributed by atoms with Crippen LogP contribution in [0.1, 0.15) is 39.2 Å². The van der Waals surface area contributed by atoms with Crippen molar-refractivity contribution in [1.29, 1.82) is 0 Å². The van der Waals surface area contributed by atoms with E-state index < -0.39 is 0 Å². The van der Waals surface area contributed by atoms with Crippen molar-refractivity contribution in [3.63, 3.8) is 0 Å². The van der Waals surface area contributed by atoms with Gasteiger partial charge in [0.15, 0.2) is 0 Å². The molecule has 1 aromatic rings. The first-order valence-corrected chi connectivity index (χ1v) is 8.04. The lowest BCUT2D eigenvalue weighted by Gasteiger charge is -2.25. The fraction of sp³-hybridized carbons (Fsp3) is 0.667. The minimum atomic E-state index is 0.137. The molecule has 0 atom stereocenters. The summed E-state index contributed by atoms with van der Waals surface area (Å²) in [4.78, 5) is 0. The molecule has 0 spiro atoms. The van der Waals surface area contributed by atoms with Crippen molar-refractivity contribution in [2.75, 3.05) is 33.0 Å². The summed E-state index contributed by atoms with van der Waals surface area (Å²) in [5.41, 5.74) is 1.46. The van der Waals surface area contributed by atoms with Crippen molar-refractivity contribution < 1.29 is 9.47 Å². The molecule has 120 valence electrons. The molecular formula is C18H31NO2. The van der Waals surface area contributed by atoms with E-state index in [-0.39, 0.29) is 5.41 Å². The van der Waals surface area contributed by atoms with E-state index in [0.717, 1.165) is 32.7 Å². The summed E-state index contributed by atoms with van der Waals surface area (Å²) >= 11 is 0. The first-order valence-electron chi connectivity index (χ1n) is 8.04. The van der Waals surface area contributed by atoms with Gasteiger partial charge in [-0.2, -0.15) is 0 Å². The maximum Gasteiger partial charge on any atom is 0.0700 e. The summed E-state index contributed by atoms with van der Waals surface area (Å²) in [7, 11) is 0. The molecule has 0 aliphatic carbocycles. The number of rotatable bonds is 12. The summed E-state index contributed by atoms with van der Waals surface area (Å²) in [6.07, 6.45) is 2.32. The first-order chi connectivity index (χ1) is 10.1. The van der Waals surface area contributed by atoms with Crippen LogP contribution in [0.5, 0.6) is 0 Å². The Morgan fingerprint density at radius 3 is 2.43 bits per heavy atom. The highest BCUT2D eigenvalue weighted by molar-refractivity contribution is 5.14. The fourth-order valence-electron chi connectivity index (χ4n) is 2.01. The van der Waals surface area contributed by atoms with Gasteiger partial charge in [0, 0.05) is 25.1 Å². The highest BCUT2D eigenvalue weighted by Crippen LogP contribution is 2.14. The molecule has 0 unspecified atom stereocenters. The summed E-state index contributed by atoms with van der Waals surface area (Å²) in [5.74, 6) is 0. The molecule has 0 aliphatic heterocycles. The van der Waals surface area contributed by atoms with Crippen LogP contribution in [0.3, 0.4) is 0 Å². The van der Waals surface area contributed by atoms with E-state index in [1.807, 2.05) is 6.07 Å². The molecule has 1 N–H and O–H groups in total. The maximum atomic E-state index is 5.72. The maximum absolute atomic E-state index is 5.72. The van der Waals surface area contributed by atoms with Crippen molar-refractivity contribution in [3.05, 3.63) is 35.9 Å². The molecule has 0 fully saturated rings. The molecule has 0 aliphatic rings. The van der Waals surface area contributed by atoms with E-state index in [4.69, 9.17) is 9.47 Å². The summed E-state index contributed by atoms with van der Waals surface area (Å²) in [6.45, 7) is 11.5. The molecule has 0 bridgehead atoms. The van der Waals surface area contributed by atoms with Gasteiger partial charge < -0.3 is 14.8 Å². The van der Waals surface area contributed by atoms with Crippen LogP contribution >= 0.6 is 0 Å². The Balaban J connectivity index is 2.04. The zero-order chi connectivity index (χ0) is 15.4. The molecule has 0 amide bonds. The zero-order valence-electron chi connectivity index (χ0n) is 13.9. The van der Waals surface area contributed by atoms with Crippen molar-refractivity contribution in [2.45, 2.75) is 40.2 Å². The molecule has 21 heavy (non-hydrogen) atoms. The second kappa shape index (κ2) is 10.8. The molecular weight excluding hydrogens is 262 g/mol. The van der Waals surface area contributed by atoms with Gasteiger partial charge in [0.1, 0.15) is 0 Å². The van der Waals surface area contributed by atoms with E-state index in [0.29, 0.717) is 13.2 Å². The Kier molecular flexibility index (Phi) is 9.31. The van der Waals surface area contributed by atoms with Crippen molar-refractivity contribution in [1.82, 2.24) is 5.32 Å². The van der Waals surface area contributed by atoms with Gasteiger partial charge in [0.05, 0.1) is 19.8 Å². The molecule has 3 nitrogen and oxygen atoms in total. The van der Waals surface area contributed by atoms with Gasteiger partial charge in [-0.25, -0.2) is 0 Å². The second-order valence-electron chi connectivity index (χ2n) is 6.27. The van der Waals surface area contributed by atoms with Gasteiger partial charge in [-0.3, -0.25) is 0 Å². The summed E-state index contributed by atoms with van der Waals surface area (Å²) < 4.78 is 11.2. The SMILES string of the molecule is CCCCOCCOCC(C)(C)CNCc1ccccc1. The monoisotopic (exact) mass is 293 g/mol. The molecule has 1 rings (SSSR count). The molecule has 0 saturated heterocycles. The highest BCUT2D eigenvalue weighted by Gasteiger charge is 2.17. The van der Waals surface area contributed by atoms with Crippen molar-refractivity contribution in [2.24, 2.45) is 5.41 Å². The number of nitrogens with one attached hydrogen (secondary N) is 1. The third kappa shape index (κ3) is 9.62. The van der Waals surface area contributed by atoms with Crippen LogP contribution in [0.4, 0.5) is 0 Å². The van der Waals surface area contributed by atoms with Crippen LogP contribution in [0.15, 0.2) is 30.3 Å². The molecule has 3 heteroatoms. The standard InChI is InChI=1S/C18H31NO2/c1-4-5-11-20-12-13-21-16-18(2,3)15-19-14-17-9-7-6-8-10-17/h6-10,19H,4-5,11-16H2,1-3H3. The number of hydrogen-bond donors (Lipinski definition) is 1. The lowest BCUT2D eigenvalue weighted by Crippen LogP contribution is -2.33. The molecule has 1 aromatic carbocycles. The first kappa shape index (κ1) is 18.1. The van der Waals surface area contributed by atoms with Crippen molar-refractivity contribution in [3.8, 4) is 0 Å². The lowest BCUT2D eigenvalue weighted by molar-refractivity contribution is 0.0143. The molecule has 0 aromatic heterocycles. The van der Waals surface area contributed by atoms with E-state index in [2.05, 4.69) is 50.4 Å². The predicted octanol–water partition coefficient (Wildman–Crippen LogP) is 3.64. The van der Waals surface area contributed by atoms with Crippen LogP contribution in [0.2, 0.25) is 0 Å². The fourth-order valence-corrected chi connectivity index (χ4v) is 2.01. The predicted molar refractivity (Wildman–Crippen MR) is 88.5 cm³/mol. The van der Waals surface area contributed by atoms with E-state index in [9.17, 15) is 0 Å². The zero-order valence-corrected chi connectivity index (χ0v) is 13.9. The second-order valence-corrected chi connectivity index (χ2v) is 6.27. The largest absolute Gasteiger partial charge is 0.379 e. The van der Waals surface area contributed by atoms with E-state index >= 15 is 0 Å². The molecule has 0 radical (unpaired) electrons. The Morgan fingerprint density at radius 1 is 1.00 bits per heavy atom. The average Bonchev–Trinajstić information content (AvgIpc) is 2.47. The lowest BCUT2D eigenvalue weighted by atomic mass is 9.95. The Bertz CT molecular complexity index is 351.